The fourth-order valence-electron chi connectivity index (χ4n) is 3.34. The molecule has 5 nitrogen and oxygen atoms in total. The Bertz CT molecular complexity index is 753. The summed E-state index contributed by atoms with van der Waals surface area (Å²) in [4.78, 5) is 25.5. The van der Waals surface area contributed by atoms with Gasteiger partial charge in [-0.15, -0.1) is 0 Å². The quantitative estimate of drug-likeness (QED) is 0.869. The standard InChI is InChI=1S/C21H24N2O3/c22-20(24)15-26-19-8-4-7-18(14-19)21(25)23-11-9-17(10-12-23)13-16-5-2-1-3-6-16/h1-8,14,17H,9-13,15H2,(H2,22,24). The van der Waals surface area contributed by atoms with E-state index in [4.69, 9.17) is 10.5 Å². The lowest BCUT2D eigenvalue weighted by Crippen LogP contribution is -2.38. The van der Waals surface area contributed by atoms with Crippen LogP contribution in [0.5, 0.6) is 5.75 Å². The van der Waals surface area contributed by atoms with Crippen LogP contribution >= 0.6 is 0 Å². The summed E-state index contributed by atoms with van der Waals surface area (Å²) in [6.45, 7) is 1.34. The third-order valence-corrected chi connectivity index (χ3v) is 4.73. The van der Waals surface area contributed by atoms with E-state index in [9.17, 15) is 9.59 Å². The van der Waals surface area contributed by atoms with Gasteiger partial charge in [0.05, 0.1) is 0 Å². The third kappa shape index (κ3) is 4.85. The fourth-order valence-corrected chi connectivity index (χ4v) is 3.34. The minimum Gasteiger partial charge on any atom is -0.484 e. The van der Waals surface area contributed by atoms with Crippen molar-refractivity contribution < 1.29 is 14.3 Å². The first-order valence-corrected chi connectivity index (χ1v) is 8.96. The maximum Gasteiger partial charge on any atom is 0.255 e. The maximum absolute atomic E-state index is 12.7. The molecule has 5 heteroatoms. The Kier molecular flexibility index (Phi) is 5.89. The molecule has 0 aliphatic carbocycles. The topological polar surface area (TPSA) is 72.6 Å². The third-order valence-electron chi connectivity index (χ3n) is 4.73. The van der Waals surface area contributed by atoms with Crippen molar-refractivity contribution in [1.29, 1.82) is 0 Å². The van der Waals surface area contributed by atoms with Gasteiger partial charge in [-0.3, -0.25) is 9.59 Å². The van der Waals surface area contributed by atoms with E-state index in [0.717, 1.165) is 32.4 Å². The Morgan fingerprint density at radius 2 is 1.77 bits per heavy atom. The smallest absolute Gasteiger partial charge is 0.255 e. The van der Waals surface area contributed by atoms with Crippen LogP contribution in [0.1, 0.15) is 28.8 Å². The number of rotatable bonds is 6. The summed E-state index contributed by atoms with van der Waals surface area (Å²) in [6, 6.07) is 17.4. The van der Waals surface area contributed by atoms with Gasteiger partial charge in [0.2, 0.25) is 0 Å². The fraction of sp³-hybridized carbons (Fsp3) is 0.333. The SMILES string of the molecule is NC(=O)COc1cccc(C(=O)N2CCC(Cc3ccccc3)CC2)c1. The molecule has 0 saturated carbocycles. The molecule has 2 N–H and O–H groups in total. The van der Waals surface area contributed by atoms with Gasteiger partial charge in [-0.2, -0.15) is 0 Å². The molecule has 3 rings (SSSR count). The molecule has 2 amide bonds. The minimum atomic E-state index is -0.540. The van der Waals surface area contributed by atoms with Crippen LogP contribution < -0.4 is 10.5 Å². The Morgan fingerprint density at radius 3 is 2.46 bits per heavy atom. The molecule has 0 radical (unpaired) electrons. The molecule has 2 aromatic carbocycles. The summed E-state index contributed by atoms with van der Waals surface area (Å²) >= 11 is 0. The molecule has 1 saturated heterocycles. The lowest BCUT2D eigenvalue weighted by molar-refractivity contribution is -0.119. The van der Waals surface area contributed by atoms with Crippen molar-refractivity contribution in [3.63, 3.8) is 0 Å². The Morgan fingerprint density at radius 1 is 1.04 bits per heavy atom. The normalized spacial score (nSPS) is 14.8. The van der Waals surface area contributed by atoms with E-state index in [0.29, 0.717) is 17.2 Å². The number of benzene rings is 2. The second kappa shape index (κ2) is 8.52. The molecule has 0 bridgehead atoms. The number of likely N-dealkylation sites (tertiary alicyclic amines) is 1. The first-order valence-electron chi connectivity index (χ1n) is 8.96. The predicted octanol–water partition coefficient (Wildman–Crippen LogP) is 2.65. The van der Waals surface area contributed by atoms with Crippen molar-refractivity contribution in [2.75, 3.05) is 19.7 Å². The van der Waals surface area contributed by atoms with E-state index in [-0.39, 0.29) is 12.5 Å². The molecule has 1 fully saturated rings. The Labute approximate surface area is 153 Å². The van der Waals surface area contributed by atoms with Gasteiger partial charge in [-0.1, -0.05) is 36.4 Å². The Balaban J connectivity index is 1.55. The van der Waals surface area contributed by atoms with Crippen LogP contribution in [0.2, 0.25) is 0 Å². The molecule has 0 atom stereocenters. The van der Waals surface area contributed by atoms with E-state index in [1.165, 1.54) is 5.56 Å². The highest BCUT2D eigenvalue weighted by atomic mass is 16.5. The van der Waals surface area contributed by atoms with E-state index in [2.05, 4.69) is 24.3 Å². The predicted molar refractivity (Wildman–Crippen MR) is 99.9 cm³/mol. The summed E-state index contributed by atoms with van der Waals surface area (Å²) in [5.74, 6) is 0.565. The zero-order chi connectivity index (χ0) is 18.4. The van der Waals surface area contributed by atoms with Gasteiger partial charge in [-0.25, -0.2) is 0 Å². The van der Waals surface area contributed by atoms with Gasteiger partial charge in [0.1, 0.15) is 5.75 Å². The van der Waals surface area contributed by atoms with Gasteiger partial charge >= 0.3 is 0 Å². The molecule has 1 aliphatic heterocycles. The number of nitrogens with zero attached hydrogens (tertiary/aromatic N) is 1. The number of carbonyl (C=O) groups is 2. The molecule has 0 spiro atoms. The second-order valence-corrected chi connectivity index (χ2v) is 6.71. The van der Waals surface area contributed by atoms with Gasteiger partial charge in [0.15, 0.2) is 6.61 Å². The first-order chi connectivity index (χ1) is 12.6. The second-order valence-electron chi connectivity index (χ2n) is 6.71. The number of nitrogens with two attached hydrogens (primary N) is 1. The summed E-state index contributed by atoms with van der Waals surface area (Å²) in [5, 5.41) is 0. The molecule has 136 valence electrons. The molecular weight excluding hydrogens is 328 g/mol. The first kappa shape index (κ1) is 18.0. The maximum atomic E-state index is 12.7. The highest BCUT2D eigenvalue weighted by Crippen LogP contribution is 2.23. The van der Waals surface area contributed by atoms with Crippen LogP contribution in [-0.4, -0.2) is 36.4 Å². The molecule has 26 heavy (non-hydrogen) atoms. The van der Waals surface area contributed by atoms with Crippen LogP contribution in [-0.2, 0) is 11.2 Å². The van der Waals surface area contributed by atoms with E-state index in [1.807, 2.05) is 11.0 Å². The lowest BCUT2D eigenvalue weighted by atomic mass is 9.90. The minimum absolute atomic E-state index is 0.00712. The summed E-state index contributed by atoms with van der Waals surface area (Å²) < 4.78 is 5.28. The zero-order valence-corrected chi connectivity index (χ0v) is 14.8. The molecular formula is C21H24N2O3. The average Bonchev–Trinajstić information content (AvgIpc) is 2.67. The summed E-state index contributed by atoms with van der Waals surface area (Å²) in [7, 11) is 0. The molecule has 1 heterocycles. The molecule has 1 aliphatic rings. The van der Waals surface area contributed by atoms with Gasteiger partial charge in [-0.05, 0) is 48.9 Å². The number of primary amides is 1. The monoisotopic (exact) mass is 352 g/mol. The van der Waals surface area contributed by atoms with E-state index >= 15 is 0 Å². The molecule has 2 aromatic rings. The lowest BCUT2D eigenvalue weighted by Gasteiger charge is -2.32. The van der Waals surface area contributed by atoms with Gasteiger partial charge in [0, 0.05) is 18.7 Å². The van der Waals surface area contributed by atoms with Crippen molar-refractivity contribution in [2.45, 2.75) is 19.3 Å². The summed E-state index contributed by atoms with van der Waals surface area (Å²) in [5.41, 5.74) is 7.02. The van der Waals surface area contributed by atoms with Crippen molar-refractivity contribution in [2.24, 2.45) is 11.7 Å². The highest BCUT2D eigenvalue weighted by molar-refractivity contribution is 5.94. The van der Waals surface area contributed by atoms with E-state index in [1.54, 1.807) is 24.3 Å². The van der Waals surface area contributed by atoms with Gasteiger partial charge in [0.25, 0.3) is 11.8 Å². The van der Waals surface area contributed by atoms with Crippen molar-refractivity contribution in [3.05, 3.63) is 65.7 Å². The van der Waals surface area contributed by atoms with E-state index < -0.39 is 5.91 Å². The van der Waals surface area contributed by atoms with Crippen molar-refractivity contribution in [3.8, 4) is 5.75 Å². The van der Waals surface area contributed by atoms with Crippen LogP contribution in [0.15, 0.2) is 54.6 Å². The number of hydrogen-bond acceptors (Lipinski definition) is 3. The van der Waals surface area contributed by atoms with Crippen molar-refractivity contribution >= 4 is 11.8 Å². The van der Waals surface area contributed by atoms with Gasteiger partial charge < -0.3 is 15.4 Å². The van der Waals surface area contributed by atoms with Crippen LogP contribution in [0, 0.1) is 5.92 Å². The number of amides is 2. The number of hydrogen-bond donors (Lipinski definition) is 1. The molecule has 0 aromatic heterocycles. The average molecular weight is 352 g/mol. The number of carbonyl (C=O) groups excluding carboxylic acids is 2. The highest BCUT2D eigenvalue weighted by Gasteiger charge is 2.24. The largest absolute Gasteiger partial charge is 0.484 e. The van der Waals surface area contributed by atoms with Crippen LogP contribution in [0.3, 0.4) is 0 Å². The van der Waals surface area contributed by atoms with Crippen LogP contribution in [0.4, 0.5) is 0 Å². The van der Waals surface area contributed by atoms with Crippen LogP contribution in [0.25, 0.3) is 0 Å². The zero-order valence-electron chi connectivity index (χ0n) is 14.8. The van der Waals surface area contributed by atoms with Crippen molar-refractivity contribution in [1.82, 2.24) is 4.90 Å². The molecule has 0 unspecified atom stereocenters. The Hall–Kier alpha value is -2.82. The number of piperidine rings is 1. The summed E-state index contributed by atoms with van der Waals surface area (Å²) in [6.07, 6.45) is 3.09. The number of ether oxygens (including phenoxy) is 1.